The van der Waals surface area contributed by atoms with Crippen molar-refractivity contribution in [3.8, 4) is 11.3 Å². The van der Waals surface area contributed by atoms with Gasteiger partial charge in [0.05, 0.1) is 5.69 Å². The molecule has 0 amide bonds. The molecule has 0 saturated carbocycles. The smallest absolute Gasteiger partial charge is 0.132 e. The molecule has 0 unspecified atom stereocenters. The molecule has 0 fully saturated rings. The van der Waals surface area contributed by atoms with Crippen molar-refractivity contribution >= 4 is 17.5 Å². The van der Waals surface area contributed by atoms with E-state index in [0.29, 0.717) is 12.4 Å². The summed E-state index contributed by atoms with van der Waals surface area (Å²) >= 11 is 0. The van der Waals surface area contributed by atoms with Crippen molar-refractivity contribution in [1.29, 1.82) is 0 Å². The van der Waals surface area contributed by atoms with Crippen LogP contribution in [-0.4, -0.2) is 21.5 Å². The van der Waals surface area contributed by atoms with Crippen LogP contribution in [0.2, 0.25) is 0 Å². The van der Waals surface area contributed by atoms with Crippen LogP contribution in [0.3, 0.4) is 0 Å². The molecule has 3 heterocycles. The number of hydrogen-bond acceptors (Lipinski definition) is 6. The largest absolute Gasteiger partial charge is 0.384 e. The van der Waals surface area contributed by atoms with Crippen LogP contribution in [0.5, 0.6) is 0 Å². The van der Waals surface area contributed by atoms with Gasteiger partial charge in [-0.25, -0.2) is 15.0 Å². The van der Waals surface area contributed by atoms with E-state index in [-0.39, 0.29) is 0 Å². The van der Waals surface area contributed by atoms with Gasteiger partial charge in [-0.1, -0.05) is 6.07 Å². The lowest BCUT2D eigenvalue weighted by Gasteiger charge is -2.12. The average Bonchev–Trinajstić information content (AvgIpc) is 2.56. The van der Waals surface area contributed by atoms with E-state index < -0.39 is 0 Å². The van der Waals surface area contributed by atoms with Crippen LogP contribution in [0, 0.1) is 6.92 Å². The van der Waals surface area contributed by atoms with Gasteiger partial charge in [-0.15, -0.1) is 0 Å². The number of nitrogens with one attached hydrogen (secondary N) is 1. The molecule has 122 valence electrons. The fraction of sp³-hybridized carbons (Fsp3) is 0.167. The summed E-state index contributed by atoms with van der Waals surface area (Å²) in [4.78, 5) is 13.1. The van der Waals surface area contributed by atoms with E-state index in [1.54, 1.807) is 12.4 Å². The molecule has 0 aliphatic rings. The molecule has 0 spiro atoms. The van der Waals surface area contributed by atoms with E-state index in [1.807, 2.05) is 43.3 Å². The molecule has 24 heavy (non-hydrogen) atoms. The second-order valence-electron chi connectivity index (χ2n) is 5.56. The zero-order valence-corrected chi connectivity index (χ0v) is 13.5. The molecular weight excluding hydrogens is 300 g/mol. The summed E-state index contributed by atoms with van der Waals surface area (Å²) in [5.41, 5.74) is 15.5. The van der Waals surface area contributed by atoms with Crippen LogP contribution >= 0.6 is 0 Å². The topological polar surface area (TPSA) is 103 Å². The maximum Gasteiger partial charge on any atom is 0.132 e. The van der Waals surface area contributed by atoms with Gasteiger partial charge < -0.3 is 16.8 Å². The lowest BCUT2D eigenvalue weighted by atomic mass is 10.0. The molecule has 3 aromatic rings. The number of pyridine rings is 3. The molecule has 0 aromatic carbocycles. The Bertz CT molecular complexity index is 846. The Morgan fingerprint density at radius 3 is 2.58 bits per heavy atom. The highest BCUT2D eigenvalue weighted by Gasteiger charge is 2.09. The molecular formula is C18H20N6. The number of aromatic nitrogens is 3. The summed E-state index contributed by atoms with van der Waals surface area (Å²) in [6, 6.07) is 11.6. The van der Waals surface area contributed by atoms with Crippen molar-refractivity contribution in [1.82, 2.24) is 15.0 Å². The third kappa shape index (κ3) is 3.67. The van der Waals surface area contributed by atoms with Gasteiger partial charge in [0.1, 0.15) is 17.5 Å². The Morgan fingerprint density at radius 2 is 1.83 bits per heavy atom. The van der Waals surface area contributed by atoms with Crippen LogP contribution in [-0.2, 0) is 6.42 Å². The van der Waals surface area contributed by atoms with Gasteiger partial charge in [0.2, 0.25) is 0 Å². The highest BCUT2D eigenvalue weighted by molar-refractivity contribution is 5.68. The molecule has 0 bridgehead atoms. The first-order valence-electron chi connectivity index (χ1n) is 7.77. The Balaban J connectivity index is 1.99. The zero-order chi connectivity index (χ0) is 16.9. The SMILES string of the molecule is Cc1ccnc(Nc2ccc(CCN)c(-c3ccnc(N)c3)n2)c1. The van der Waals surface area contributed by atoms with Gasteiger partial charge in [0, 0.05) is 18.0 Å². The number of rotatable bonds is 5. The number of anilines is 3. The zero-order valence-electron chi connectivity index (χ0n) is 13.5. The van der Waals surface area contributed by atoms with E-state index in [4.69, 9.17) is 16.5 Å². The predicted octanol–water partition coefficient (Wildman–Crippen LogP) is 2.67. The first kappa shape index (κ1) is 15.9. The Hall–Kier alpha value is -2.99. The predicted molar refractivity (Wildman–Crippen MR) is 96.9 cm³/mol. The number of nitrogen functional groups attached to an aromatic ring is 1. The third-order valence-electron chi connectivity index (χ3n) is 3.62. The van der Waals surface area contributed by atoms with E-state index in [1.165, 1.54) is 0 Å². The molecule has 0 atom stereocenters. The summed E-state index contributed by atoms with van der Waals surface area (Å²) in [6.07, 6.45) is 4.19. The second kappa shape index (κ2) is 7.06. The van der Waals surface area contributed by atoms with Gasteiger partial charge in [-0.3, -0.25) is 0 Å². The molecule has 5 N–H and O–H groups in total. The van der Waals surface area contributed by atoms with E-state index in [2.05, 4.69) is 15.3 Å². The van der Waals surface area contributed by atoms with Gasteiger partial charge in [0.15, 0.2) is 0 Å². The minimum Gasteiger partial charge on any atom is -0.384 e. The Kier molecular flexibility index (Phi) is 4.67. The first-order valence-corrected chi connectivity index (χ1v) is 7.77. The molecule has 0 aliphatic heterocycles. The van der Waals surface area contributed by atoms with E-state index >= 15 is 0 Å². The molecule has 3 aromatic heterocycles. The summed E-state index contributed by atoms with van der Waals surface area (Å²) in [7, 11) is 0. The first-order chi connectivity index (χ1) is 11.7. The molecule has 6 nitrogen and oxygen atoms in total. The molecule has 0 saturated heterocycles. The van der Waals surface area contributed by atoms with Crippen LogP contribution in [0.4, 0.5) is 17.5 Å². The second-order valence-corrected chi connectivity index (χ2v) is 5.56. The number of nitrogens with zero attached hydrogens (tertiary/aromatic N) is 3. The van der Waals surface area contributed by atoms with Crippen LogP contribution in [0.15, 0.2) is 48.8 Å². The van der Waals surface area contributed by atoms with Gasteiger partial charge in [-0.05, 0) is 61.3 Å². The third-order valence-corrected chi connectivity index (χ3v) is 3.62. The normalized spacial score (nSPS) is 10.6. The standard InChI is InChI=1S/C18H20N6/c1-12-5-8-22-17(10-12)23-16-3-2-13(4-7-19)18(24-16)14-6-9-21-15(20)11-14/h2-3,5-6,8-11H,4,7,19H2,1H3,(H2,20,21)(H,22,23,24). The molecule has 0 aliphatic carbocycles. The lowest BCUT2D eigenvalue weighted by Crippen LogP contribution is -2.06. The van der Waals surface area contributed by atoms with Crippen molar-refractivity contribution in [2.24, 2.45) is 5.73 Å². The van der Waals surface area contributed by atoms with Crippen molar-refractivity contribution in [2.45, 2.75) is 13.3 Å². The number of nitrogens with two attached hydrogens (primary N) is 2. The van der Waals surface area contributed by atoms with Gasteiger partial charge in [-0.2, -0.15) is 0 Å². The minimum absolute atomic E-state index is 0.465. The van der Waals surface area contributed by atoms with E-state index in [9.17, 15) is 0 Å². The number of aryl methyl sites for hydroxylation is 1. The fourth-order valence-electron chi connectivity index (χ4n) is 2.50. The van der Waals surface area contributed by atoms with Gasteiger partial charge >= 0.3 is 0 Å². The van der Waals surface area contributed by atoms with Crippen molar-refractivity contribution < 1.29 is 0 Å². The lowest BCUT2D eigenvalue weighted by molar-refractivity contribution is 0.962. The maximum atomic E-state index is 5.81. The van der Waals surface area contributed by atoms with Crippen LogP contribution in [0.25, 0.3) is 11.3 Å². The van der Waals surface area contributed by atoms with Crippen LogP contribution < -0.4 is 16.8 Å². The summed E-state index contributed by atoms with van der Waals surface area (Å²) < 4.78 is 0. The summed E-state index contributed by atoms with van der Waals surface area (Å²) in [5.74, 6) is 1.94. The average molecular weight is 320 g/mol. The fourth-order valence-corrected chi connectivity index (χ4v) is 2.50. The van der Waals surface area contributed by atoms with Crippen molar-refractivity contribution in [3.05, 3.63) is 59.9 Å². The highest BCUT2D eigenvalue weighted by Crippen LogP contribution is 2.26. The molecule has 3 rings (SSSR count). The van der Waals surface area contributed by atoms with Crippen molar-refractivity contribution in [2.75, 3.05) is 17.6 Å². The minimum atomic E-state index is 0.465. The monoisotopic (exact) mass is 320 g/mol. The highest BCUT2D eigenvalue weighted by atomic mass is 15.1. The summed E-state index contributed by atoms with van der Waals surface area (Å²) in [5, 5.41) is 3.24. The molecule has 0 radical (unpaired) electrons. The molecule has 6 heteroatoms. The maximum absolute atomic E-state index is 5.81. The Labute approximate surface area is 141 Å². The Morgan fingerprint density at radius 1 is 1.00 bits per heavy atom. The quantitative estimate of drug-likeness (QED) is 0.668. The van der Waals surface area contributed by atoms with Crippen LogP contribution in [0.1, 0.15) is 11.1 Å². The van der Waals surface area contributed by atoms with Gasteiger partial charge in [0.25, 0.3) is 0 Å². The number of hydrogen-bond donors (Lipinski definition) is 3. The van der Waals surface area contributed by atoms with Crippen molar-refractivity contribution in [3.63, 3.8) is 0 Å². The summed E-state index contributed by atoms with van der Waals surface area (Å²) in [6.45, 7) is 2.58. The van der Waals surface area contributed by atoms with E-state index in [0.717, 1.165) is 40.4 Å².